The minimum absolute atomic E-state index is 0.149. The van der Waals surface area contributed by atoms with E-state index in [-0.39, 0.29) is 5.91 Å². The second-order valence-corrected chi connectivity index (χ2v) is 5.78. The van der Waals surface area contributed by atoms with Crippen LogP contribution >= 0.6 is 11.6 Å². The lowest BCUT2D eigenvalue weighted by Crippen LogP contribution is -2.21. The first kappa shape index (κ1) is 16.3. The number of hydrazone groups is 1. The van der Waals surface area contributed by atoms with Crippen molar-refractivity contribution in [1.29, 1.82) is 0 Å². The van der Waals surface area contributed by atoms with Gasteiger partial charge in [-0.2, -0.15) is 10.1 Å². The predicted octanol–water partition coefficient (Wildman–Crippen LogP) is 4.54. The summed E-state index contributed by atoms with van der Waals surface area (Å²) in [5.41, 5.74) is 2.88. The average molecular weight is 341 g/mol. The van der Waals surface area contributed by atoms with E-state index in [1.165, 1.54) is 5.01 Å². The normalized spacial score (nSPS) is 15.8. The van der Waals surface area contributed by atoms with E-state index < -0.39 is 0 Å². The third-order valence-corrected chi connectivity index (χ3v) is 3.89. The fourth-order valence-corrected chi connectivity index (χ4v) is 2.56. The number of carbonyl (C=O) groups is 1. The Hall–Kier alpha value is -2.59. The second kappa shape index (κ2) is 6.89. The van der Waals surface area contributed by atoms with Gasteiger partial charge in [-0.15, -0.1) is 0 Å². The highest BCUT2D eigenvalue weighted by molar-refractivity contribution is 6.32. The van der Waals surface area contributed by atoms with Gasteiger partial charge in [-0.3, -0.25) is 4.79 Å². The standard InChI is InChI=1S/C19H17ClN2O2/c1-3-24-17-10-4-14(5-11-17)12-18-13(2)21-22(19(18)23)16-8-6-15(20)7-9-16/h4-12H,3H2,1-2H3. The van der Waals surface area contributed by atoms with Gasteiger partial charge in [0.15, 0.2) is 0 Å². The van der Waals surface area contributed by atoms with Crippen molar-refractivity contribution in [3.8, 4) is 5.75 Å². The molecule has 4 nitrogen and oxygen atoms in total. The first-order valence-corrected chi connectivity index (χ1v) is 8.06. The van der Waals surface area contributed by atoms with Crippen LogP contribution in [-0.4, -0.2) is 18.2 Å². The number of halogens is 1. The minimum atomic E-state index is -0.149. The number of hydrogen-bond acceptors (Lipinski definition) is 3. The highest BCUT2D eigenvalue weighted by atomic mass is 35.5. The molecule has 0 N–H and O–H groups in total. The van der Waals surface area contributed by atoms with E-state index in [0.717, 1.165) is 11.3 Å². The van der Waals surface area contributed by atoms with Crippen LogP contribution in [0.1, 0.15) is 19.4 Å². The number of anilines is 1. The van der Waals surface area contributed by atoms with Crippen molar-refractivity contribution in [1.82, 2.24) is 0 Å². The summed E-state index contributed by atoms with van der Waals surface area (Å²) >= 11 is 5.89. The molecule has 0 saturated heterocycles. The van der Waals surface area contributed by atoms with Crippen molar-refractivity contribution in [2.45, 2.75) is 13.8 Å². The number of carbonyl (C=O) groups excluding carboxylic acids is 1. The molecule has 1 amide bonds. The zero-order valence-corrected chi connectivity index (χ0v) is 14.2. The molecule has 0 saturated carbocycles. The molecule has 0 unspecified atom stereocenters. The summed E-state index contributed by atoms with van der Waals surface area (Å²) in [5, 5.41) is 6.37. The van der Waals surface area contributed by atoms with Gasteiger partial charge in [0.2, 0.25) is 0 Å². The summed E-state index contributed by atoms with van der Waals surface area (Å²) in [7, 11) is 0. The average Bonchev–Trinajstić information content (AvgIpc) is 2.86. The SMILES string of the molecule is CCOc1ccc(C=C2C(=O)N(c3ccc(Cl)cc3)N=C2C)cc1. The number of benzene rings is 2. The second-order valence-electron chi connectivity index (χ2n) is 5.34. The molecule has 0 radical (unpaired) electrons. The number of amides is 1. The molecular weight excluding hydrogens is 324 g/mol. The molecule has 0 fully saturated rings. The van der Waals surface area contributed by atoms with Gasteiger partial charge in [-0.05, 0) is 61.9 Å². The number of nitrogens with zero attached hydrogens (tertiary/aromatic N) is 2. The maximum Gasteiger partial charge on any atom is 0.280 e. The fourth-order valence-electron chi connectivity index (χ4n) is 2.44. The Morgan fingerprint density at radius 1 is 1.12 bits per heavy atom. The Kier molecular flexibility index (Phi) is 4.67. The Morgan fingerprint density at radius 2 is 1.79 bits per heavy atom. The lowest BCUT2D eigenvalue weighted by atomic mass is 10.1. The fraction of sp³-hybridized carbons (Fsp3) is 0.158. The molecule has 1 aliphatic heterocycles. The molecule has 5 heteroatoms. The van der Waals surface area contributed by atoms with Crippen LogP contribution in [0.4, 0.5) is 5.69 Å². The molecule has 1 aliphatic rings. The van der Waals surface area contributed by atoms with Crippen molar-refractivity contribution in [3.63, 3.8) is 0 Å². The quantitative estimate of drug-likeness (QED) is 0.766. The van der Waals surface area contributed by atoms with E-state index in [1.807, 2.05) is 44.2 Å². The van der Waals surface area contributed by atoms with Crippen LogP contribution in [0.2, 0.25) is 5.02 Å². The molecule has 0 aliphatic carbocycles. The number of ether oxygens (including phenoxy) is 1. The topological polar surface area (TPSA) is 41.9 Å². The van der Waals surface area contributed by atoms with E-state index in [2.05, 4.69) is 5.10 Å². The summed E-state index contributed by atoms with van der Waals surface area (Å²) in [4.78, 5) is 12.7. The largest absolute Gasteiger partial charge is 0.494 e. The van der Waals surface area contributed by atoms with Gasteiger partial charge < -0.3 is 4.74 Å². The van der Waals surface area contributed by atoms with Crippen molar-refractivity contribution < 1.29 is 9.53 Å². The Balaban J connectivity index is 1.85. The van der Waals surface area contributed by atoms with Crippen LogP contribution in [0, 0.1) is 0 Å². The molecule has 3 rings (SSSR count). The van der Waals surface area contributed by atoms with Crippen molar-refractivity contribution in [3.05, 3.63) is 64.7 Å². The Morgan fingerprint density at radius 3 is 2.42 bits per heavy atom. The summed E-state index contributed by atoms with van der Waals surface area (Å²) in [5.74, 6) is 0.661. The van der Waals surface area contributed by atoms with Gasteiger partial charge in [-0.1, -0.05) is 23.7 Å². The molecule has 24 heavy (non-hydrogen) atoms. The summed E-state index contributed by atoms with van der Waals surface area (Å²) in [6.45, 7) is 4.40. The highest BCUT2D eigenvalue weighted by Gasteiger charge is 2.28. The van der Waals surface area contributed by atoms with Crippen LogP contribution in [-0.2, 0) is 4.79 Å². The molecule has 0 bridgehead atoms. The molecule has 2 aromatic carbocycles. The van der Waals surface area contributed by atoms with Gasteiger partial charge in [0.05, 0.1) is 23.6 Å². The smallest absolute Gasteiger partial charge is 0.280 e. The van der Waals surface area contributed by atoms with Gasteiger partial charge >= 0.3 is 0 Å². The number of hydrogen-bond donors (Lipinski definition) is 0. The van der Waals surface area contributed by atoms with Gasteiger partial charge in [-0.25, -0.2) is 0 Å². The van der Waals surface area contributed by atoms with Gasteiger partial charge in [0.25, 0.3) is 5.91 Å². The predicted molar refractivity (Wildman–Crippen MR) is 97.6 cm³/mol. The zero-order valence-electron chi connectivity index (χ0n) is 13.5. The van der Waals surface area contributed by atoms with Crippen LogP contribution in [0.3, 0.4) is 0 Å². The van der Waals surface area contributed by atoms with Crippen LogP contribution in [0.5, 0.6) is 5.75 Å². The summed E-state index contributed by atoms with van der Waals surface area (Å²) in [6.07, 6.45) is 1.84. The van der Waals surface area contributed by atoms with Crippen LogP contribution in [0.15, 0.2) is 59.2 Å². The van der Waals surface area contributed by atoms with Crippen LogP contribution in [0.25, 0.3) is 6.08 Å². The lowest BCUT2D eigenvalue weighted by Gasteiger charge is -2.11. The van der Waals surface area contributed by atoms with Gasteiger partial charge in [0.1, 0.15) is 5.75 Å². The zero-order chi connectivity index (χ0) is 17.1. The first-order valence-electron chi connectivity index (χ1n) is 7.68. The first-order chi connectivity index (χ1) is 11.6. The van der Waals surface area contributed by atoms with Crippen molar-refractivity contribution >= 4 is 35.0 Å². The summed E-state index contributed by atoms with van der Waals surface area (Å²) in [6, 6.07) is 14.6. The highest BCUT2D eigenvalue weighted by Crippen LogP contribution is 2.26. The Labute approximate surface area is 146 Å². The van der Waals surface area contributed by atoms with Gasteiger partial charge in [0, 0.05) is 5.02 Å². The number of rotatable bonds is 4. The third kappa shape index (κ3) is 3.34. The monoisotopic (exact) mass is 340 g/mol. The molecular formula is C19H17ClN2O2. The lowest BCUT2D eigenvalue weighted by molar-refractivity contribution is -0.114. The molecule has 122 valence electrons. The van der Waals surface area contributed by atoms with Crippen molar-refractivity contribution in [2.24, 2.45) is 5.10 Å². The van der Waals surface area contributed by atoms with E-state index in [1.54, 1.807) is 24.3 Å². The van der Waals surface area contributed by atoms with E-state index in [4.69, 9.17) is 16.3 Å². The summed E-state index contributed by atoms with van der Waals surface area (Å²) < 4.78 is 5.43. The van der Waals surface area contributed by atoms with Crippen molar-refractivity contribution in [2.75, 3.05) is 11.6 Å². The maximum absolute atomic E-state index is 12.7. The molecule has 1 heterocycles. The van der Waals surface area contributed by atoms with E-state index >= 15 is 0 Å². The third-order valence-electron chi connectivity index (χ3n) is 3.64. The Bertz CT molecular complexity index is 808. The minimum Gasteiger partial charge on any atom is -0.494 e. The molecule has 2 aromatic rings. The van der Waals surface area contributed by atoms with Crippen LogP contribution < -0.4 is 9.75 Å². The molecule has 0 aromatic heterocycles. The molecule has 0 atom stereocenters. The maximum atomic E-state index is 12.7. The van der Waals surface area contributed by atoms with E-state index in [0.29, 0.717) is 28.6 Å². The van der Waals surface area contributed by atoms with E-state index in [9.17, 15) is 4.79 Å². The molecule has 0 spiro atoms.